The van der Waals surface area contributed by atoms with Crippen LogP contribution in [0.25, 0.3) is 0 Å². The van der Waals surface area contributed by atoms with Gasteiger partial charge >= 0.3 is 0 Å². The molecule has 1 fully saturated rings. The van der Waals surface area contributed by atoms with Gasteiger partial charge in [-0.2, -0.15) is 4.31 Å². The van der Waals surface area contributed by atoms with Gasteiger partial charge in [0.05, 0.1) is 10.6 Å². The van der Waals surface area contributed by atoms with Crippen LogP contribution in [0.4, 0.5) is 18.9 Å². The second-order valence-electron chi connectivity index (χ2n) is 6.66. The molecule has 1 aliphatic heterocycles. The van der Waals surface area contributed by atoms with Crippen LogP contribution < -0.4 is 5.32 Å². The molecule has 1 N–H and O–H groups in total. The van der Waals surface area contributed by atoms with Gasteiger partial charge in [0.15, 0.2) is 17.5 Å². The maximum Gasteiger partial charge on any atom is 0.255 e. The molecule has 2 aromatic rings. The number of benzene rings is 2. The first-order valence-corrected chi connectivity index (χ1v) is 10.2. The Morgan fingerprint density at radius 3 is 2.36 bits per heavy atom. The van der Waals surface area contributed by atoms with Crippen molar-refractivity contribution in [3.05, 3.63) is 59.4 Å². The number of piperidine rings is 1. The van der Waals surface area contributed by atoms with E-state index in [0.717, 1.165) is 25.3 Å². The molecule has 1 heterocycles. The van der Waals surface area contributed by atoms with Gasteiger partial charge in [-0.3, -0.25) is 4.79 Å². The van der Waals surface area contributed by atoms with Crippen molar-refractivity contribution < 1.29 is 26.4 Å². The lowest BCUT2D eigenvalue weighted by Gasteiger charge is -2.32. The summed E-state index contributed by atoms with van der Waals surface area (Å²) >= 11 is 0. The van der Waals surface area contributed by atoms with Crippen LogP contribution in [-0.2, 0) is 10.0 Å². The van der Waals surface area contributed by atoms with E-state index in [1.165, 1.54) is 28.6 Å². The number of anilines is 1. The lowest BCUT2D eigenvalue weighted by Crippen LogP contribution is -2.41. The molecule has 150 valence electrons. The second-order valence-corrected chi connectivity index (χ2v) is 8.55. The van der Waals surface area contributed by atoms with Crippen LogP contribution in [0.1, 0.15) is 36.5 Å². The van der Waals surface area contributed by atoms with Crippen LogP contribution >= 0.6 is 0 Å². The molecule has 1 unspecified atom stereocenters. The van der Waals surface area contributed by atoms with Gasteiger partial charge in [0.2, 0.25) is 10.0 Å². The normalized spacial score (nSPS) is 18.1. The summed E-state index contributed by atoms with van der Waals surface area (Å²) in [5.74, 6) is -5.33. The lowest BCUT2D eigenvalue weighted by atomic mass is 10.1. The van der Waals surface area contributed by atoms with Gasteiger partial charge in [0.1, 0.15) is 0 Å². The number of rotatable bonds is 4. The molecule has 28 heavy (non-hydrogen) atoms. The first kappa shape index (κ1) is 20.3. The highest BCUT2D eigenvalue weighted by molar-refractivity contribution is 7.89. The largest absolute Gasteiger partial charge is 0.319 e. The average molecular weight is 412 g/mol. The summed E-state index contributed by atoms with van der Waals surface area (Å²) in [6.07, 6.45) is 2.57. The third-order valence-electron chi connectivity index (χ3n) is 4.75. The number of hydrogen-bond donors (Lipinski definition) is 1. The van der Waals surface area contributed by atoms with Crippen LogP contribution in [0.15, 0.2) is 41.3 Å². The van der Waals surface area contributed by atoms with Crippen molar-refractivity contribution in [1.29, 1.82) is 0 Å². The highest BCUT2D eigenvalue weighted by Crippen LogP contribution is 2.26. The fourth-order valence-electron chi connectivity index (χ4n) is 3.16. The van der Waals surface area contributed by atoms with Gasteiger partial charge in [0.25, 0.3) is 5.91 Å². The Hall–Kier alpha value is -2.39. The first-order chi connectivity index (χ1) is 13.2. The van der Waals surface area contributed by atoms with Gasteiger partial charge in [-0.1, -0.05) is 6.42 Å². The Labute approximate surface area is 161 Å². The minimum Gasteiger partial charge on any atom is -0.319 e. The number of hydrogen-bond acceptors (Lipinski definition) is 3. The number of carbonyl (C=O) groups is 1. The Balaban J connectivity index is 1.79. The summed E-state index contributed by atoms with van der Waals surface area (Å²) in [5, 5.41) is 2.14. The van der Waals surface area contributed by atoms with Crippen molar-refractivity contribution in [3.8, 4) is 0 Å². The molecule has 1 aliphatic rings. The van der Waals surface area contributed by atoms with Crippen molar-refractivity contribution in [2.75, 3.05) is 11.9 Å². The van der Waals surface area contributed by atoms with Crippen molar-refractivity contribution in [1.82, 2.24) is 4.31 Å². The van der Waals surface area contributed by atoms with Crippen molar-refractivity contribution in [2.24, 2.45) is 0 Å². The minimum atomic E-state index is -3.68. The van der Waals surface area contributed by atoms with Gasteiger partial charge in [-0.15, -0.1) is 0 Å². The summed E-state index contributed by atoms with van der Waals surface area (Å²) in [6.45, 7) is 2.30. The highest BCUT2D eigenvalue weighted by Gasteiger charge is 2.31. The van der Waals surface area contributed by atoms with Crippen molar-refractivity contribution >= 4 is 21.6 Å². The number of amides is 1. The summed E-state index contributed by atoms with van der Waals surface area (Å²) in [4.78, 5) is 12.3. The maximum atomic E-state index is 13.7. The summed E-state index contributed by atoms with van der Waals surface area (Å²) in [6, 6.07) is 6.67. The van der Waals surface area contributed by atoms with Crippen LogP contribution in [0.3, 0.4) is 0 Å². The molecule has 1 saturated heterocycles. The Morgan fingerprint density at radius 1 is 1.04 bits per heavy atom. The molecule has 0 radical (unpaired) electrons. The van der Waals surface area contributed by atoms with E-state index in [1.54, 1.807) is 0 Å². The quantitative estimate of drug-likeness (QED) is 0.774. The Kier molecular flexibility index (Phi) is 5.76. The van der Waals surface area contributed by atoms with Gasteiger partial charge in [0, 0.05) is 18.2 Å². The number of carbonyl (C=O) groups excluding carboxylic acids is 1. The molecular weight excluding hydrogens is 393 g/mol. The van der Waals surface area contributed by atoms with Crippen molar-refractivity contribution in [2.45, 2.75) is 37.1 Å². The molecule has 0 aliphatic carbocycles. The minimum absolute atomic E-state index is 0.0507. The average Bonchev–Trinajstić information content (AvgIpc) is 2.68. The molecule has 2 aromatic carbocycles. The smallest absolute Gasteiger partial charge is 0.255 e. The van der Waals surface area contributed by atoms with Gasteiger partial charge < -0.3 is 5.32 Å². The Bertz CT molecular complexity index is 994. The molecule has 0 spiro atoms. The highest BCUT2D eigenvalue weighted by atomic mass is 32.2. The molecule has 0 aromatic heterocycles. The topological polar surface area (TPSA) is 66.5 Å². The van der Waals surface area contributed by atoms with E-state index in [4.69, 9.17) is 0 Å². The number of nitrogens with zero attached hydrogens (tertiary/aromatic N) is 1. The summed E-state index contributed by atoms with van der Waals surface area (Å²) in [7, 11) is -3.68. The third-order valence-corrected chi connectivity index (χ3v) is 6.78. The standard InChI is InChI=1S/C19H19F3N2O3S/c1-12-4-2-3-11-24(12)28(26,27)14-7-5-13(6-8-14)19(25)23-16-10-9-15(20)17(21)18(16)22/h5-10,12H,2-4,11H2,1H3,(H,23,25). The lowest BCUT2D eigenvalue weighted by molar-refractivity contribution is 0.102. The SMILES string of the molecule is CC1CCCCN1S(=O)(=O)c1ccc(C(=O)Nc2ccc(F)c(F)c2F)cc1. The molecule has 0 saturated carbocycles. The van der Waals surface area contributed by atoms with E-state index in [-0.39, 0.29) is 16.5 Å². The first-order valence-electron chi connectivity index (χ1n) is 8.78. The summed E-state index contributed by atoms with van der Waals surface area (Å²) in [5.41, 5.74) is -0.461. The van der Waals surface area contributed by atoms with Crippen LogP contribution in [0, 0.1) is 17.5 Å². The van der Waals surface area contributed by atoms with E-state index in [9.17, 15) is 26.4 Å². The van der Waals surface area contributed by atoms with E-state index in [2.05, 4.69) is 5.32 Å². The monoisotopic (exact) mass is 412 g/mol. The van der Waals surface area contributed by atoms with E-state index >= 15 is 0 Å². The number of halogens is 3. The molecule has 0 bridgehead atoms. The predicted molar refractivity (Wildman–Crippen MR) is 97.9 cm³/mol. The third kappa shape index (κ3) is 3.90. The maximum absolute atomic E-state index is 13.7. The zero-order chi connectivity index (χ0) is 20.5. The fourth-order valence-corrected chi connectivity index (χ4v) is 4.86. The van der Waals surface area contributed by atoms with Crippen LogP contribution in [0.5, 0.6) is 0 Å². The number of nitrogens with one attached hydrogen (secondary N) is 1. The molecule has 3 rings (SSSR count). The van der Waals surface area contributed by atoms with E-state index in [0.29, 0.717) is 12.6 Å². The van der Waals surface area contributed by atoms with E-state index < -0.39 is 39.1 Å². The van der Waals surface area contributed by atoms with Crippen molar-refractivity contribution in [3.63, 3.8) is 0 Å². The Morgan fingerprint density at radius 2 is 1.71 bits per heavy atom. The van der Waals surface area contributed by atoms with Crippen LogP contribution in [-0.4, -0.2) is 31.2 Å². The molecular formula is C19H19F3N2O3S. The van der Waals surface area contributed by atoms with Gasteiger partial charge in [-0.05, 0) is 56.2 Å². The predicted octanol–water partition coefficient (Wildman–Crippen LogP) is 3.92. The number of sulfonamides is 1. The van der Waals surface area contributed by atoms with E-state index in [1.807, 2.05) is 6.92 Å². The molecule has 1 atom stereocenters. The molecule has 1 amide bonds. The molecule has 9 heteroatoms. The van der Waals surface area contributed by atoms with Crippen LogP contribution in [0.2, 0.25) is 0 Å². The van der Waals surface area contributed by atoms with Gasteiger partial charge in [-0.25, -0.2) is 21.6 Å². The zero-order valence-electron chi connectivity index (χ0n) is 15.1. The molecule has 5 nitrogen and oxygen atoms in total. The summed E-state index contributed by atoms with van der Waals surface area (Å²) < 4.78 is 66.9. The fraction of sp³-hybridized carbons (Fsp3) is 0.316. The second kappa shape index (κ2) is 7.92. The zero-order valence-corrected chi connectivity index (χ0v) is 15.9.